The van der Waals surface area contributed by atoms with Gasteiger partial charge in [0.1, 0.15) is 18.5 Å². The molecule has 0 aromatic heterocycles. The Morgan fingerprint density at radius 3 is 2.10 bits per heavy atom. The number of ether oxygens (including phenoxy) is 1. The molecular weight excluding hydrogens is 409 g/mol. The summed E-state index contributed by atoms with van der Waals surface area (Å²) in [5.74, 6) is -9.20. The van der Waals surface area contributed by atoms with Gasteiger partial charge in [-0.15, -0.1) is 0 Å². The molecule has 0 spiro atoms. The van der Waals surface area contributed by atoms with Gasteiger partial charge in [-0.1, -0.05) is 18.2 Å². The molecule has 2 aromatic carbocycles. The number of Topliss-reactive ketones (excluding diaryl/α,β-unsaturated/α-hetero) is 1. The predicted octanol–water partition coefficient (Wildman–Crippen LogP) is 1.65. The number of carboxylic acid groups (broad SMARTS) is 1. The van der Waals surface area contributed by atoms with Crippen LogP contribution in [0.3, 0.4) is 0 Å². The summed E-state index contributed by atoms with van der Waals surface area (Å²) in [5.41, 5.74) is -0.308. The highest BCUT2D eigenvalue weighted by molar-refractivity contribution is 6.40. The van der Waals surface area contributed by atoms with Crippen molar-refractivity contribution in [2.45, 2.75) is 12.5 Å². The Kier molecular flexibility index (Phi) is 7.50. The summed E-state index contributed by atoms with van der Waals surface area (Å²) < 4.78 is 45.4. The fourth-order valence-electron chi connectivity index (χ4n) is 2.25. The summed E-state index contributed by atoms with van der Waals surface area (Å²) in [4.78, 5) is 47.1. The highest BCUT2D eigenvalue weighted by atomic mass is 19.1. The molecule has 158 valence electrons. The molecule has 2 amide bonds. The van der Waals surface area contributed by atoms with E-state index in [0.29, 0.717) is 0 Å². The smallest absolute Gasteiger partial charge is 0.313 e. The molecule has 0 saturated carbocycles. The van der Waals surface area contributed by atoms with Gasteiger partial charge >= 0.3 is 17.8 Å². The standard InChI is InChI=1S/C19H15F3N2O6/c20-10-4-1-2-7-13(10)23-18(28)19(29)24-14(8-16(26)27)15(25)9-30-17-11(21)5-3-6-12(17)22/h1-7,14H,8-9H2,(H,23,28)(H,24,29)(H,26,27)/t14-/m0/s1. The van der Waals surface area contributed by atoms with E-state index in [1.54, 1.807) is 0 Å². The number of rotatable bonds is 8. The molecule has 0 radical (unpaired) electrons. The van der Waals surface area contributed by atoms with E-state index >= 15 is 0 Å². The second-order valence-electron chi connectivity index (χ2n) is 5.86. The predicted molar refractivity (Wildman–Crippen MR) is 96.1 cm³/mol. The van der Waals surface area contributed by atoms with E-state index in [9.17, 15) is 32.3 Å². The zero-order chi connectivity index (χ0) is 22.3. The minimum absolute atomic E-state index is 0.308. The Labute approximate surface area is 167 Å². The molecule has 0 heterocycles. The quantitative estimate of drug-likeness (QED) is 0.554. The van der Waals surface area contributed by atoms with E-state index in [1.165, 1.54) is 18.2 Å². The Hall–Kier alpha value is -3.89. The van der Waals surface area contributed by atoms with Crippen LogP contribution in [0.4, 0.5) is 18.9 Å². The maximum absolute atomic E-state index is 13.5. The zero-order valence-electron chi connectivity index (χ0n) is 15.2. The van der Waals surface area contributed by atoms with Crippen molar-refractivity contribution in [1.82, 2.24) is 5.32 Å². The highest BCUT2D eigenvalue weighted by Gasteiger charge is 2.27. The average Bonchev–Trinajstić information content (AvgIpc) is 2.68. The van der Waals surface area contributed by atoms with Crippen molar-refractivity contribution in [1.29, 1.82) is 0 Å². The summed E-state index contributed by atoms with van der Waals surface area (Å²) in [6.07, 6.45) is -0.930. The first-order chi connectivity index (χ1) is 14.2. The first kappa shape index (κ1) is 22.4. The molecule has 1 atom stereocenters. The average molecular weight is 424 g/mol. The van der Waals surface area contributed by atoms with E-state index in [2.05, 4.69) is 0 Å². The van der Waals surface area contributed by atoms with Crippen LogP contribution in [0.15, 0.2) is 42.5 Å². The van der Waals surface area contributed by atoms with E-state index in [4.69, 9.17) is 9.84 Å². The molecule has 0 bridgehead atoms. The number of aliphatic carboxylic acids is 1. The first-order valence-corrected chi connectivity index (χ1v) is 8.36. The number of amides is 2. The van der Waals surface area contributed by atoms with Crippen molar-refractivity contribution in [2.75, 3.05) is 11.9 Å². The third-order valence-electron chi connectivity index (χ3n) is 3.68. The molecule has 0 aliphatic heterocycles. The van der Waals surface area contributed by atoms with Crippen LogP contribution >= 0.6 is 0 Å². The lowest BCUT2D eigenvalue weighted by Crippen LogP contribution is -2.48. The number of carbonyl (C=O) groups excluding carboxylic acids is 3. The number of carboxylic acids is 1. The zero-order valence-corrected chi connectivity index (χ0v) is 15.2. The largest absolute Gasteiger partial charge is 0.481 e. The molecule has 3 N–H and O–H groups in total. The summed E-state index contributed by atoms with van der Waals surface area (Å²) >= 11 is 0. The highest BCUT2D eigenvalue weighted by Crippen LogP contribution is 2.20. The number of halogens is 3. The van der Waals surface area contributed by atoms with Crippen molar-refractivity contribution in [3.8, 4) is 5.75 Å². The second-order valence-corrected chi connectivity index (χ2v) is 5.86. The number of hydrogen-bond donors (Lipinski definition) is 3. The molecule has 2 aromatic rings. The minimum atomic E-state index is -1.74. The van der Waals surface area contributed by atoms with Crippen molar-refractivity contribution >= 4 is 29.3 Å². The van der Waals surface area contributed by atoms with E-state index < -0.39 is 65.8 Å². The topological polar surface area (TPSA) is 122 Å². The number of carbonyl (C=O) groups is 4. The van der Waals surface area contributed by atoms with Gasteiger partial charge in [0.05, 0.1) is 12.1 Å². The van der Waals surface area contributed by atoms with Gasteiger partial charge in [0.15, 0.2) is 23.2 Å². The van der Waals surface area contributed by atoms with Crippen molar-refractivity contribution in [3.63, 3.8) is 0 Å². The lowest BCUT2D eigenvalue weighted by molar-refractivity contribution is -0.142. The number of para-hydroxylation sites is 2. The van der Waals surface area contributed by atoms with E-state index in [0.717, 1.165) is 24.3 Å². The third-order valence-corrected chi connectivity index (χ3v) is 3.68. The lowest BCUT2D eigenvalue weighted by atomic mass is 10.1. The molecule has 2 rings (SSSR count). The van der Waals surface area contributed by atoms with Gasteiger partial charge in [-0.05, 0) is 24.3 Å². The maximum atomic E-state index is 13.5. The van der Waals surface area contributed by atoms with Crippen molar-refractivity contribution in [3.05, 3.63) is 59.9 Å². The van der Waals surface area contributed by atoms with Crippen molar-refractivity contribution in [2.24, 2.45) is 0 Å². The van der Waals surface area contributed by atoms with Crippen LogP contribution in [-0.2, 0) is 19.2 Å². The molecule has 8 nitrogen and oxygen atoms in total. The Morgan fingerprint density at radius 1 is 0.900 bits per heavy atom. The van der Waals surface area contributed by atoms with Gasteiger partial charge in [-0.3, -0.25) is 19.2 Å². The summed E-state index contributed by atoms with van der Waals surface area (Å²) in [7, 11) is 0. The van der Waals surface area contributed by atoms with Crippen LogP contribution in [0.2, 0.25) is 0 Å². The number of anilines is 1. The van der Waals surface area contributed by atoms with Gasteiger partial charge in [-0.2, -0.15) is 0 Å². The Morgan fingerprint density at radius 2 is 1.50 bits per heavy atom. The lowest BCUT2D eigenvalue weighted by Gasteiger charge is -2.16. The van der Waals surface area contributed by atoms with Crippen LogP contribution in [0.25, 0.3) is 0 Å². The van der Waals surface area contributed by atoms with Gasteiger partial charge in [0, 0.05) is 0 Å². The number of benzene rings is 2. The Balaban J connectivity index is 2.04. The van der Waals surface area contributed by atoms with Crippen LogP contribution in [-0.4, -0.2) is 41.3 Å². The van der Waals surface area contributed by atoms with Crippen LogP contribution in [0.5, 0.6) is 5.75 Å². The monoisotopic (exact) mass is 424 g/mol. The molecule has 11 heteroatoms. The van der Waals surface area contributed by atoms with Crippen LogP contribution in [0.1, 0.15) is 6.42 Å². The minimum Gasteiger partial charge on any atom is -0.481 e. The molecule has 0 fully saturated rings. The van der Waals surface area contributed by atoms with Crippen LogP contribution in [0, 0.1) is 17.5 Å². The van der Waals surface area contributed by atoms with Crippen molar-refractivity contribution < 1.29 is 42.2 Å². The van der Waals surface area contributed by atoms with Gasteiger partial charge in [0.2, 0.25) is 0 Å². The normalized spacial score (nSPS) is 11.3. The second kappa shape index (κ2) is 10.0. The number of ketones is 1. The number of hydrogen-bond acceptors (Lipinski definition) is 5. The first-order valence-electron chi connectivity index (χ1n) is 8.36. The molecule has 0 aliphatic carbocycles. The SMILES string of the molecule is O=C(O)C[C@H](NC(=O)C(=O)Nc1ccccc1F)C(=O)COc1c(F)cccc1F. The molecule has 30 heavy (non-hydrogen) atoms. The maximum Gasteiger partial charge on any atom is 0.313 e. The van der Waals surface area contributed by atoms with Gasteiger partial charge in [-0.25, -0.2) is 13.2 Å². The molecule has 0 aliphatic rings. The van der Waals surface area contributed by atoms with Gasteiger partial charge < -0.3 is 20.5 Å². The molecule has 0 unspecified atom stereocenters. The molecular formula is C19H15F3N2O6. The fourth-order valence-corrected chi connectivity index (χ4v) is 2.25. The Bertz CT molecular complexity index is 962. The summed E-state index contributed by atoms with van der Waals surface area (Å²) in [5, 5.41) is 12.8. The van der Waals surface area contributed by atoms with Crippen LogP contribution < -0.4 is 15.4 Å². The molecule has 0 saturated heterocycles. The third kappa shape index (κ3) is 6.06. The summed E-state index contributed by atoms with van der Waals surface area (Å²) in [6.45, 7) is -0.981. The van der Waals surface area contributed by atoms with Gasteiger partial charge in [0.25, 0.3) is 0 Å². The van der Waals surface area contributed by atoms with E-state index in [1.807, 2.05) is 10.6 Å². The number of nitrogens with one attached hydrogen (secondary N) is 2. The van der Waals surface area contributed by atoms with E-state index in [-0.39, 0.29) is 5.69 Å². The fraction of sp³-hybridized carbons (Fsp3) is 0.158. The summed E-state index contributed by atoms with van der Waals surface area (Å²) in [6, 6.07) is 6.05.